The second-order valence-electron chi connectivity index (χ2n) is 7.89. The Hall–Kier alpha value is -4.08. The molecule has 0 bridgehead atoms. The molecule has 4 rings (SSSR count). The van der Waals surface area contributed by atoms with E-state index in [0.29, 0.717) is 17.4 Å². The van der Waals surface area contributed by atoms with Gasteiger partial charge in [-0.3, -0.25) is 4.79 Å². The lowest BCUT2D eigenvalue weighted by molar-refractivity contribution is -0.138. The summed E-state index contributed by atoms with van der Waals surface area (Å²) in [6, 6.07) is 15.4. The molecule has 0 aliphatic heterocycles. The molecular weight excluding hydrogens is 484 g/mol. The zero-order valence-corrected chi connectivity index (χ0v) is 18.8. The number of nitrogens with zero attached hydrogens (tertiary/aromatic N) is 2. The van der Waals surface area contributed by atoms with Crippen molar-refractivity contribution in [1.29, 1.82) is 0 Å². The molecule has 10 heteroatoms. The van der Waals surface area contributed by atoms with Crippen LogP contribution < -0.4 is 10.7 Å². The van der Waals surface area contributed by atoms with E-state index < -0.39 is 29.4 Å². The molecule has 0 saturated carbocycles. The van der Waals surface area contributed by atoms with Gasteiger partial charge in [0.15, 0.2) is 0 Å². The van der Waals surface area contributed by atoms with Crippen LogP contribution in [-0.4, -0.2) is 10.5 Å². The topological polar surface area (TPSA) is 46.4 Å². The first-order valence-corrected chi connectivity index (χ1v) is 10.8. The normalized spacial score (nSPS) is 12.7. The maximum absolute atomic E-state index is 13.3. The average Bonchev–Trinajstić information content (AvgIpc) is 2.83. The number of carbonyl (C=O) groups excluding carboxylic acids is 1. The lowest BCUT2D eigenvalue weighted by atomic mass is 10.1. The summed E-state index contributed by atoms with van der Waals surface area (Å²) in [7, 11) is 0. The number of anilines is 1. The number of halogens is 6. The van der Waals surface area contributed by atoms with Crippen LogP contribution in [0.4, 0.5) is 37.7 Å². The summed E-state index contributed by atoms with van der Waals surface area (Å²) in [5.41, 5.74) is -1.28. The van der Waals surface area contributed by atoms with Crippen molar-refractivity contribution in [3.05, 3.63) is 101 Å². The van der Waals surface area contributed by atoms with Crippen LogP contribution in [0, 0.1) is 0 Å². The third-order valence-electron chi connectivity index (χ3n) is 5.46. The Labute approximate surface area is 201 Å². The molecule has 0 saturated heterocycles. The number of alkyl halides is 6. The van der Waals surface area contributed by atoms with Crippen molar-refractivity contribution in [2.24, 2.45) is 4.99 Å². The Balaban J connectivity index is 1.90. The van der Waals surface area contributed by atoms with Gasteiger partial charge in [0.1, 0.15) is 0 Å². The summed E-state index contributed by atoms with van der Waals surface area (Å²) in [5, 5.41) is 3.05. The van der Waals surface area contributed by atoms with E-state index >= 15 is 0 Å². The van der Waals surface area contributed by atoms with Crippen LogP contribution >= 0.6 is 0 Å². The van der Waals surface area contributed by atoms with Crippen LogP contribution in [0.5, 0.6) is 0 Å². The minimum Gasteiger partial charge on any atom is -0.347 e. The zero-order valence-electron chi connectivity index (χ0n) is 18.8. The lowest BCUT2D eigenvalue weighted by Gasteiger charge is -2.14. The highest BCUT2D eigenvalue weighted by Crippen LogP contribution is 2.32. The van der Waals surface area contributed by atoms with Crippen LogP contribution in [0.15, 0.2) is 84.0 Å². The molecule has 1 heterocycles. The lowest BCUT2D eigenvalue weighted by Crippen LogP contribution is -2.25. The van der Waals surface area contributed by atoms with Gasteiger partial charge in [-0.2, -0.15) is 26.3 Å². The van der Waals surface area contributed by atoms with Gasteiger partial charge in [0.05, 0.1) is 33.3 Å². The van der Waals surface area contributed by atoms with Crippen molar-refractivity contribution in [3.63, 3.8) is 0 Å². The van der Waals surface area contributed by atoms with Gasteiger partial charge in [-0.15, -0.1) is 0 Å². The molecule has 0 fully saturated rings. The van der Waals surface area contributed by atoms with Crippen LogP contribution in [0.1, 0.15) is 28.4 Å². The maximum Gasteiger partial charge on any atom is 0.416 e. The molecule has 4 nitrogen and oxygen atoms in total. The van der Waals surface area contributed by atoms with E-state index in [9.17, 15) is 31.1 Å². The molecule has 0 unspecified atom stereocenters. The Kier molecular flexibility index (Phi) is 6.62. The number of nitrogens with one attached hydrogen (secondary N) is 1. The first-order valence-electron chi connectivity index (χ1n) is 10.8. The van der Waals surface area contributed by atoms with Crippen LogP contribution in [-0.2, 0) is 18.9 Å². The fraction of sp³-hybridized carbons (Fsp3) is 0.154. The fourth-order valence-corrected chi connectivity index (χ4v) is 3.76. The van der Waals surface area contributed by atoms with E-state index in [1.165, 1.54) is 30.5 Å². The Morgan fingerprint density at radius 2 is 1.50 bits per heavy atom. The minimum absolute atomic E-state index is 0.00891. The summed E-state index contributed by atoms with van der Waals surface area (Å²) in [4.78, 5) is 17.7. The molecule has 36 heavy (non-hydrogen) atoms. The number of rotatable bonds is 4. The van der Waals surface area contributed by atoms with Crippen molar-refractivity contribution in [2.75, 3.05) is 5.32 Å². The molecule has 0 radical (unpaired) electrons. The third kappa shape index (κ3) is 5.27. The molecule has 0 atom stereocenters. The van der Waals surface area contributed by atoms with Crippen molar-refractivity contribution < 1.29 is 31.1 Å². The number of fused-ring (bicyclic) bond motifs is 1. The van der Waals surface area contributed by atoms with Crippen molar-refractivity contribution in [2.45, 2.75) is 25.8 Å². The number of aryl methyl sites for hydroxylation is 1. The summed E-state index contributed by atoms with van der Waals surface area (Å²) in [6.45, 7) is 2.29. The van der Waals surface area contributed by atoms with E-state index in [1.807, 2.05) is 6.92 Å². The molecular formula is C26H19F6N3O. The predicted molar refractivity (Wildman–Crippen MR) is 124 cm³/mol. The SMILES string of the molecule is CCn1cc(C(=O)Nc2cccc(C(F)(F)F)c2)c(=Nc2cccc(C(F)(F)F)c2)c2ccccc21. The van der Waals surface area contributed by atoms with E-state index in [0.717, 1.165) is 24.3 Å². The van der Waals surface area contributed by atoms with Gasteiger partial charge in [0.2, 0.25) is 0 Å². The second kappa shape index (κ2) is 9.52. The smallest absolute Gasteiger partial charge is 0.347 e. The van der Waals surface area contributed by atoms with E-state index in [-0.39, 0.29) is 22.3 Å². The number of hydrogen-bond acceptors (Lipinski definition) is 2. The molecule has 1 amide bonds. The van der Waals surface area contributed by atoms with Gasteiger partial charge < -0.3 is 9.88 Å². The minimum atomic E-state index is -4.60. The maximum atomic E-state index is 13.3. The number of amides is 1. The summed E-state index contributed by atoms with van der Waals surface area (Å²) >= 11 is 0. The number of carbonyl (C=O) groups is 1. The Bertz CT molecular complexity index is 1500. The van der Waals surface area contributed by atoms with Crippen molar-refractivity contribution in [3.8, 4) is 0 Å². The van der Waals surface area contributed by atoms with E-state index in [4.69, 9.17) is 0 Å². The molecule has 0 spiro atoms. The zero-order chi connectivity index (χ0) is 26.1. The summed E-state index contributed by atoms with van der Waals surface area (Å²) in [5.74, 6) is -0.756. The number of para-hydroxylation sites is 1. The Morgan fingerprint density at radius 1 is 0.861 bits per heavy atom. The molecule has 1 aromatic heterocycles. The molecule has 0 aliphatic rings. The van der Waals surface area contributed by atoms with Gasteiger partial charge >= 0.3 is 12.4 Å². The second-order valence-corrected chi connectivity index (χ2v) is 7.89. The summed E-state index contributed by atoms with van der Waals surface area (Å²) < 4.78 is 80.8. The third-order valence-corrected chi connectivity index (χ3v) is 5.46. The largest absolute Gasteiger partial charge is 0.416 e. The molecule has 4 aromatic rings. The van der Waals surface area contributed by atoms with Gasteiger partial charge in [0.25, 0.3) is 5.91 Å². The van der Waals surface area contributed by atoms with Crippen LogP contribution in [0.3, 0.4) is 0 Å². The number of benzene rings is 3. The van der Waals surface area contributed by atoms with Crippen molar-refractivity contribution >= 4 is 28.2 Å². The van der Waals surface area contributed by atoms with Crippen LogP contribution in [0.25, 0.3) is 10.9 Å². The average molecular weight is 503 g/mol. The predicted octanol–water partition coefficient (Wildman–Crippen LogP) is 7.18. The highest BCUT2D eigenvalue weighted by molar-refractivity contribution is 6.05. The number of pyridine rings is 1. The van der Waals surface area contributed by atoms with Gasteiger partial charge in [0, 0.05) is 23.8 Å². The van der Waals surface area contributed by atoms with Gasteiger partial charge in [-0.05, 0) is 49.4 Å². The van der Waals surface area contributed by atoms with Crippen LogP contribution in [0.2, 0.25) is 0 Å². The van der Waals surface area contributed by atoms with E-state index in [2.05, 4.69) is 10.3 Å². The van der Waals surface area contributed by atoms with Gasteiger partial charge in [-0.1, -0.05) is 30.3 Å². The number of hydrogen-bond donors (Lipinski definition) is 1. The summed E-state index contributed by atoms with van der Waals surface area (Å²) in [6.07, 6.45) is -7.70. The first-order chi connectivity index (χ1) is 17.0. The standard InChI is InChI=1S/C26H19F6N3O/c1-2-35-15-21(24(36)34-19-10-6-8-17(14-19)26(30,31)32)23(20-11-3-4-12-22(20)35)33-18-9-5-7-16(13-18)25(27,28)29/h3-15H,2H2,1H3,(H,34,36). The highest BCUT2D eigenvalue weighted by Gasteiger charge is 2.31. The molecule has 186 valence electrons. The number of aromatic nitrogens is 1. The first kappa shape index (κ1) is 25.0. The highest BCUT2D eigenvalue weighted by atomic mass is 19.4. The molecule has 0 aliphatic carbocycles. The van der Waals surface area contributed by atoms with E-state index in [1.54, 1.807) is 28.8 Å². The van der Waals surface area contributed by atoms with Gasteiger partial charge in [-0.25, -0.2) is 4.99 Å². The quantitative estimate of drug-likeness (QED) is 0.295. The van der Waals surface area contributed by atoms with Crippen molar-refractivity contribution in [1.82, 2.24) is 4.57 Å². The molecule has 1 N–H and O–H groups in total. The Morgan fingerprint density at radius 3 is 2.17 bits per heavy atom. The fourth-order valence-electron chi connectivity index (χ4n) is 3.76. The monoisotopic (exact) mass is 503 g/mol. The molecule has 3 aromatic carbocycles.